The Kier molecular flexibility index (Phi) is 8.37. The van der Waals surface area contributed by atoms with Gasteiger partial charge in [-0.25, -0.2) is 0 Å². The molecule has 3 rings (SSSR count). The van der Waals surface area contributed by atoms with E-state index in [0.29, 0.717) is 0 Å². The molecule has 0 aromatic heterocycles. The summed E-state index contributed by atoms with van der Waals surface area (Å²) >= 11 is 0. The second kappa shape index (κ2) is 11.2. The molecule has 0 saturated carbocycles. The molecule has 1 heterocycles. The van der Waals surface area contributed by atoms with Gasteiger partial charge in [-0.1, -0.05) is 31.9 Å². The lowest BCUT2D eigenvalue weighted by atomic mass is 9.75. The highest BCUT2D eigenvalue weighted by Crippen LogP contribution is 2.49. The van der Waals surface area contributed by atoms with Crippen molar-refractivity contribution >= 4 is 0 Å². The maximum absolute atomic E-state index is 10.3. The van der Waals surface area contributed by atoms with Crippen LogP contribution >= 0.6 is 0 Å². The van der Waals surface area contributed by atoms with E-state index in [9.17, 15) is 5.11 Å². The first-order chi connectivity index (χ1) is 14.7. The van der Waals surface area contributed by atoms with Gasteiger partial charge in [0.2, 0.25) is 0 Å². The molecule has 2 unspecified atom stereocenters. The van der Waals surface area contributed by atoms with Crippen molar-refractivity contribution in [2.45, 2.75) is 38.2 Å². The molecule has 1 aliphatic heterocycles. The van der Waals surface area contributed by atoms with E-state index in [1.165, 1.54) is 0 Å². The van der Waals surface area contributed by atoms with E-state index in [1.807, 2.05) is 42.5 Å². The highest BCUT2D eigenvalue weighted by Gasteiger charge is 2.38. The molecule has 6 heteroatoms. The molecule has 1 N–H and O–H groups in total. The Balaban J connectivity index is 1.90. The fourth-order valence-corrected chi connectivity index (χ4v) is 4.02. The second-order valence-electron chi connectivity index (χ2n) is 7.50. The molecule has 1 aliphatic rings. The minimum atomic E-state index is -0.230. The average molecular weight is 417 g/mol. The first-order valence-corrected chi connectivity index (χ1v) is 10.5. The summed E-state index contributed by atoms with van der Waals surface area (Å²) in [6.07, 6.45) is 2.94. The van der Waals surface area contributed by atoms with Gasteiger partial charge in [-0.05, 0) is 48.2 Å². The first-order valence-electron chi connectivity index (χ1n) is 10.5. The first kappa shape index (κ1) is 22.4. The maximum atomic E-state index is 10.3. The summed E-state index contributed by atoms with van der Waals surface area (Å²) in [5, 5.41) is 10.3. The third-order valence-electron chi connectivity index (χ3n) is 5.52. The molecule has 0 radical (unpaired) electrons. The number of fused-ring (bicyclic) bond motifs is 1. The number of hydrogen-bond donors (Lipinski definition) is 1. The standard InChI is InChI=1S/C24H32O6/c1-4-5-6-20-21-13-19(29-16-27-3)11-12-23(21)30-24(22(20)14-25)17-7-9-18(10-8-17)28-15-26-2/h7-13,20,22,24-25H,4-6,14-16H2,1-3H3/t20-,22?,24?/m0/s1. The van der Waals surface area contributed by atoms with Crippen LogP contribution in [0.4, 0.5) is 0 Å². The number of benzene rings is 2. The Bertz CT molecular complexity index is 776. The smallest absolute Gasteiger partial charge is 0.188 e. The SMILES string of the molecule is CCCC[C@H]1c2cc(OCOC)ccc2OC(c2ccc(OCOC)cc2)C1CO. The lowest BCUT2D eigenvalue weighted by Gasteiger charge is -2.39. The maximum Gasteiger partial charge on any atom is 0.188 e. The van der Waals surface area contributed by atoms with Gasteiger partial charge in [-0.2, -0.15) is 0 Å². The van der Waals surface area contributed by atoms with E-state index < -0.39 is 0 Å². The van der Waals surface area contributed by atoms with Crippen LogP contribution in [0.2, 0.25) is 0 Å². The normalized spacial score (nSPS) is 20.3. The van der Waals surface area contributed by atoms with Gasteiger partial charge >= 0.3 is 0 Å². The van der Waals surface area contributed by atoms with Crippen molar-refractivity contribution in [2.75, 3.05) is 34.4 Å². The van der Waals surface area contributed by atoms with Gasteiger partial charge in [-0.15, -0.1) is 0 Å². The highest BCUT2D eigenvalue weighted by atomic mass is 16.7. The van der Waals surface area contributed by atoms with Crippen LogP contribution in [0.3, 0.4) is 0 Å². The summed E-state index contributed by atoms with van der Waals surface area (Å²) in [6.45, 7) is 2.63. The highest BCUT2D eigenvalue weighted by molar-refractivity contribution is 5.46. The van der Waals surface area contributed by atoms with Crippen molar-refractivity contribution in [3.05, 3.63) is 53.6 Å². The van der Waals surface area contributed by atoms with Gasteiger partial charge < -0.3 is 28.8 Å². The van der Waals surface area contributed by atoms with E-state index in [-0.39, 0.29) is 38.1 Å². The molecule has 0 amide bonds. The van der Waals surface area contributed by atoms with E-state index in [0.717, 1.165) is 47.6 Å². The van der Waals surface area contributed by atoms with Gasteiger partial charge in [0, 0.05) is 25.7 Å². The van der Waals surface area contributed by atoms with Crippen LogP contribution in [0.1, 0.15) is 49.3 Å². The molecule has 164 valence electrons. The second-order valence-corrected chi connectivity index (χ2v) is 7.50. The van der Waals surface area contributed by atoms with Gasteiger partial charge in [0.1, 0.15) is 23.4 Å². The number of hydrogen-bond acceptors (Lipinski definition) is 6. The molecular weight excluding hydrogens is 384 g/mol. The fraction of sp³-hybridized carbons (Fsp3) is 0.500. The third kappa shape index (κ3) is 5.25. The molecule has 3 atom stereocenters. The van der Waals surface area contributed by atoms with Crippen molar-refractivity contribution < 1.29 is 28.8 Å². The van der Waals surface area contributed by atoms with Crippen molar-refractivity contribution in [3.63, 3.8) is 0 Å². The zero-order valence-electron chi connectivity index (χ0n) is 18.0. The molecule has 0 fully saturated rings. The quantitative estimate of drug-likeness (QED) is 0.537. The average Bonchev–Trinajstić information content (AvgIpc) is 2.79. The minimum Gasteiger partial charge on any atom is -0.485 e. The van der Waals surface area contributed by atoms with Gasteiger partial charge in [0.05, 0.1) is 6.61 Å². The Hall–Kier alpha value is -2.28. The molecule has 30 heavy (non-hydrogen) atoms. The molecule has 0 aliphatic carbocycles. The van der Waals surface area contributed by atoms with Gasteiger partial charge in [-0.3, -0.25) is 0 Å². The summed E-state index contributed by atoms with van der Waals surface area (Å²) in [7, 11) is 3.19. The van der Waals surface area contributed by atoms with Crippen LogP contribution in [0.5, 0.6) is 17.2 Å². The summed E-state index contributed by atoms with van der Waals surface area (Å²) in [6, 6.07) is 13.7. The van der Waals surface area contributed by atoms with Gasteiger partial charge in [0.15, 0.2) is 13.6 Å². The third-order valence-corrected chi connectivity index (χ3v) is 5.52. The van der Waals surface area contributed by atoms with Crippen molar-refractivity contribution in [2.24, 2.45) is 5.92 Å². The Morgan fingerprint density at radius 1 is 0.933 bits per heavy atom. The molecule has 2 aromatic carbocycles. The van der Waals surface area contributed by atoms with Crippen LogP contribution in [-0.2, 0) is 9.47 Å². The van der Waals surface area contributed by atoms with Crippen LogP contribution < -0.4 is 14.2 Å². The molecule has 6 nitrogen and oxygen atoms in total. The van der Waals surface area contributed by atoms with Crippen LogP contribution in [0.25, 0.3) is 0 Å². The van der Waals surface area contributed by atoms with Crippen LogP contribution in [-0.4, -0.2) is 39.5 Å². The largest absolute Gasteiger partial charge is 0.485 e. The fourth-order valence-electron chi connectivity index (χ4n) is 4.02. The van der Waals surface area contributed by atoms with Crippen LogP contribution in [0.15, 0.2) is 42.5 Å². The van der Waals surface area contributed by atoms with Crippen molar-refractivity contribution in [1.82, 2.24) is 0 Å². The van der Waals surface area contributed by atoms with E-state index in [1.54, 1.807) is 14.2 Å². The zero-order valence-corrected chi connectivity index (χ0v) is 18.0. The summed E-state index contributed by atoms with van der Waals surface area (Å²) < 4.78 is 27.5. The Morgan fingerprint density at radius 3 is 2.23 bits per heavy atom. The number of methoxy groups -OCH3 is 2. The minimum absolute atomic E-state index is 0.0452. The summed E-state index contributed by atoms with van der Waals surface area (Å²) in [5.74, 6) is 2.46. The monoisotopic (exact) mass is 416 g/mol. The summed E-state index contributed by atoms with van der Waals surface area (Å²) in [4.78, 5) is 0. The lowest BCUT2D eigenvalue weighted by molar-refractivity contribution is 0.0425. The van der Waals surface area contributed by atoms with Gasteiger partial charge in [0.25, 0.3) is 0 Å². The van der Waals surface area contributed by atoms with Crippen molar-refractivity contribution in [3.8, 4) is 17.2 Å². The lowest BCUT2D eigenvalue weighted by Crippen LogP contribution is -2.32. The molecule has 0 saturated heterocycles. The molecule has 0 bridgehead atoms. The number of unbranched alkanes of at least 4 members (excludes halogenated alkanes) is 1. The van der Waals surface area contributed by atoms with Crippen molar-refractivity contribution in [1.29, 1.82) is 0 Å². The number of aliphatic hydroxyl groups excluding tert-OH is 1. The molecule has 2 aromatic rings. The molecular formula is C24H32O6. The Morgan fingerprint density at radius 2 is 1.60 bits per heavy atom. The molecule has 0 spiro atoms. The van der Waals surface area contributed by atoms with E-state index in [4.69, 9.17) is 23.7 Å². The zero-order chi connectivity index (χ0) is 21.3. The summed E-state index contributed by atoms with van der Waals surface area (Å²) in [5.41, 5.74) is 2.11. The predicted octanol–water partition coefficient (Wildman–Crippen LogP) is 4.67. The van der Waals surface area contributed by atoms with E-state index >= 15 is 0 Å². The number of ether oxygens (including phenoxy) is 5. The predicted molar refractivity (Wildman–Crippen MR) is 114 cm³/mol. The van der Waals surface area contributed by atoms with Crippen LogP contribution in [0, 0.1) is 5.92 Å². The number of rotatable bonds is 11. The van der Waals surface area contributed by atoms with E-state index in [2.05, 4.69) is 6.92 Å². The topological polar surface area (TPSA) is 66.4 Å². The number of aliphatic hydroxyl groups is 1. The Labute approximate surface area is 178 Å².